The number of rotatable bonds is 6. The van der Waals surface area contributed by atoms with Crippen molar-refractivity contribution in [2.24, 2.45) is 0 Å². The molecule has 1 amide bonds. The number of amides is 1. The average molecular weight is 262 g/mol. The van der Waals surface area contributed by atoms with Crippen molar-refractivity contribution in [2.45, 2.75) is 39.2 Å². The van der Waals surface area contributed by atoms with Gasteiger partial charge in [0, 0.05) is 24.2 Å². The Morgan fingerprint density at radius 1 is 1.47 bits per heavy atom. The fourth-order valence-electron chi connectivity index (χ4n) is 2.31. The summed E-state index contributed by atoms with van der Waals surface area (Å²) in [5.74, 6) is 0.962. The van der Waals surface area contributed by atoms with E-state index in [1.165, 1.54) is 0 Å². The summed E-state index contributed by atoms with van der Waals surface area (Å²) in [5.41, 5.74) is 2.13. The van der Waals surface area contributed by atoms with Crippen molar-refractivity contribution >= 4 is 11.6 Å². The summed E-state index contributed by atoms with van der Waals surface area (Å²) in [5, 5.41) is 6.24. The molecule has 0 spiro atoms. The predicted molar refractivity (Wildman–Crippen MR) is 76.6 cm³/mol. The van der Waals surface area contributed by atoms with Crippen LogP contribution in [0.15, 0.2) is 18.2 Å². The summed E-state index contributed by atoms with van der Waals surface area (Å²) in [4.78, 5) is 12.0. The number of hydrogen-bond donors (Lipinski definition) is 2. The van der Waals surface area contributed by atoms with Gasteiger partial charge >= 0.3 is 0 Å². The van der Waals surface area contributed by atoms with Gasteiger partial charge in [-0.1, -0.05) is 19.4 Å². The molecular weight excluding hydrogens is 240 g/mol. The molecule has 0 aliphatic carbocycles. The van der Waals surface area contributed by atoms with Crippen molar-refractivity contribution in [3.05, 3.63) is 23.8 Å². The molecule has 104 valence electrons. The first-order valence-corrected chi connectivity index (χ1v) is 7.05. The highest BCUT2D eigenvalue weighted by Gasteiger charge is 2.28. The zero-order valence-electron chi connectivity index (χ0n) is 11.7. The van der Waals surface area contributed by atoms with Crippen LogP contribution in [0.4, 0.5) is 5.69 Å². The van der Waals surface area contributed by atoms with Crippen LogP contribution in [0, 0.1) is 0 Å². The maximum atomic E-state index is 12.0. The zero-order valence-corrected chi connectivity index (χ0v) is 11.7. The van der Waals surface area contributed by atoms with E-state index in [2.05, 4.69) is 17.6 Å². The molecule has 0 unspecified atom stereocenters. The second-order valence-electron chi connectivity index (χ2n) is 4.76. The van der Waals surface area contributed by atoms with Crippen LogP contribution in [0.1, 0.15) is 32.3 Å². The third-order valence-electron chi connectivity index (χ3n) is 3.32. The van der Waals surface area contributed by atoms with E-state index >= 15 is 0 Å². The summed E-state index contributed by atoms with van der Waals surface area (Å²) in [6, 6.07) is 5.74. The molecule has 19 heavy (non-hydrogen) atoms. The van der Waals surface area contributed by atoms with E-state index in [4.69, 9.17) is 4.74 Å². The molecule has 0 fully saturated rings. The largest absolute Gasteiger partial charge is 0.494 e. The highest BCUT2D eigenvalue weighted by atomic mass is 16.5. The predicted octanol–water partition coefficient (Wildman–Crippen LogP) is 2.34. The number of unbranched alkanes of at least 4 members (excludes halogenated alkanes) is 1. The second kappa shape index (κ2) is 6.45. The minimum Gasteiger partial charge on any atom is -0.494 e. The van der Waals surface area contributed by atoms with Gasteiger partial charge < -0.3 is 15.4 Å². The molecule has 0 radical (unpaired) electrons. The Morgan fingerprint density at radius 3 is 3.05 bits per heavy atom. The van der Waals surface area contributed by atoms with Gasteiger partial charge in [0.05, 0.1) is 6.61 Å². The van der Waals surface area contributed by atoms with Crippen molar-refractivity contribution in [3.8, 4) is 5.75 Å². The van der Waals surface area contributed by atoms with Crippen LogP contribution in [-0.2, 0) is 11.2 Å². The van der Waals surface area contributed by atoms with Crippen LogP contribution in [0.3, 0.4) is 0 Å². The molecule has 0 saturated carbocycles. The molecule has 4 heteroatoms. The lowest BCUT2D eigenvalue weighted by atomic mass is 10.1. The average Bonchev–Trinajstić information content (AvgIpc) is 2.84. The van der Waals surface area contributed by atoms with Gasteiger partial charge in [0.25, 0.3) is 0 Å². The van der Waals surface area contributed by atoms with Gasteiger partial charge in [-0.05, 0) is 25.5 Å². The monoisotopic (exact) mass is 262 g/mol. The summed E-state index contributed by atoms with van der Waals surface area (Å²) in [6.45, 7) is 5.48. The highest BCUT2D eigenvalue weighted by molar-refractivity contribution is 5.87. The Hall–Kier alpha value is -1.71. The van der Waals surface area contributed by atoms with E-state index in [1.807, 2.05) is 25.1 Å². The van der Waals surface area contributed by atoms with Crippen LogP contribution in [0.25, 0.3) is 0 Å². The molecule has 0 saturated heterocycles. The number of anilines is 1. The van der Waals surface area contributed by atoms with Gasteiger partial charge in [0.15, 0.2) is 0 Å². The Labute approximate surface area is 114 Å². The fraction of sp³-hybridized carbons (Fsp3) is 0.533. The van der Waals surface area contributed by atoms with E-state index < -0.39 is 0 Å². The Balaban J connectivity index is 1.99. The molecule has 0 aromatic heterocycles. The van der Waals surface area contributed by atoms with Gasteiger partial charge in [-0.15, -0.1) is 0 Å². The van der Waals surface area contributed by atoms with Crippen molar-refractivity contribution in [2.75, 3.05) is 18.5 Å². The molecule has 0 bridgehead atoms. The quantitative estimate of drug-likeness (QED) is 0.774. The van der Waals surface area contributed by atoms with Crippen LogP contribution < -0.4 is 15.4 Å². The SMILES string of the molecule is CCCCNC(=O)[C@H]1Cc2c(cccc2OCC)N1. The van der Waals surface area contributed by atoms with E-state index in [1.54, 1.807) is 0 Å². The fourth-order valence-corrected chi connectivity index (χ4v) is 2.31. The molecule has 4 nitrogen and oxygen atoms in total. The molecular formula is C15H22N2O2. The Bertz CT molecular complexity index is 446. The Kier molecular flexibility index (Phi) is 4.66. The Morgan fingerprint density at radius 2 is 2.32 bits per heavy atom. The second-order valence-corrected chi connectivity index (χ2v) is 4.76. The molecule has 1 aromatic rings. The summed E-state index contributed by atoms with van der Waals surface area (Å²) < 4.78 is 5.60. The number of nitrogens with one attached hydrogen (secondary N) is 2. The maximum absolute atomic E-state index is 12.0. The first kappa shape index (κ1) is 13.7. The summed E-state index contributed by atoms with van der Waals surface area (Å²) in [6.07, 6.45) is 2.81. The van der Waals surface area contributed by atoms with Crippen molar-refractivity contribution in [1.82, 2.24) is 5.32 Å². The van der Waals surface area contributed by atoms with Gasteiger partial charge in [-0.2, -0.15) is 0 Å². The van der Waals surface area contributed by atoms with Crippen LogP contribution in [-0.4, -0.2) is 25.1 Å². The number of fused-ring (bicyclic) bond motifs is 1. The molecule has 1 heterocycles. The normalized spacial score (nSPS) is 16.6. The van der Waals surface area contributed by atoms with E-state index in [-0.39, 0.29) is 11.9 Å². The van der Waals surface area contributed by atoms with Gasteiger partial charge in [-0.25, -0.2) is 0 Å². The number of carbonyl (C=O) groups excluding carboxylic acids is 1. The van der Waals surface area contributed by atoms with Crippen molar-refractivity contribution < 1.29 is 9.53 Å². The minimum atomic E-state index is -0.173. The number of carbonyl (C=O) groups is 1. The van der Waals surface area contributed by atoms with Crippen LogP contribution >= 0.6 is 0 Å². The zero-order chi connectivity index (χ0) is 13.7. The molecule has 2 N–H and O–H groups in total. The third-order valence-corrected chi connectivity index (χ3v) is 3.32. The number of benzene rings is 1. The first-order chi connectivity index (χ1) is 9.26. The topological polar surface area (TPSA) is 50.4 Å². The molecule has 1 aliphatic rings. The van der Waals surface area contributed by atoms with Gasteiger partial charge in [-0.3, -0.25) is 4.79 Å². The van der Waals surface area contributed by atoms with E-state index in [0.29, 0.717) is 13.0 Å². The number of hydrogen-bond acceptors (Lipinski definition) is 3. The van der Waals surface area contributed by atoms with Crippen LogP contribution in [0.2, 0.25) is 0 Å². The maximum Gasteiger partial charge on any atom is 0.242 e. The van der Waals surface area contributed by atoms with E-state index in [9.17, 15) is 4.79 Å². The minimum absolute atomic E-state index is 0.0760. The smallest absolute Gasteiger partial charge is 0.242 e. The van der Waals surface area contributed by atoms with E-state index in [0.717, 1.165) is 36.4 Å². The summed E-state index contributed by atoms with van der Waals surface area (Å²) >= 11 is 0. The van der Waals surface area contributed by atoms with Gasteiger partial charge in [0.2, 0.25) is 5.91 Å². The van der Waals surface area contributed by atoms with Crippen LogP contribution in [0.5, 0.6) is 5.75 Å². The van der Waals surface area contributed by atoms with Gasteiger partial charge in [0.1, 0.15) is 11.8 Å². The van der Waals surface area contributed by atoms with Crippen molar-refractivity contribution in [1.29, 1.82) is 0 Å². The molecule has 2 rings (SSSR count). The lowest BCUT2D eigenvalue weighted by Gasteiger charge is -2.11. The third kappa shape index (κ3) is 3.19. The first-order valence-electron chi connectivity index (χ1n) is 7.05. The lowest BCUT2D eigenvalue weighted by Crippen LogP contribution is -2.38. The lowest BCUT2D eigenvalue weighted by molar-refractivity contribution is -0.121. The molecule has 1 atom stereocenters. The summed E-state index contributed by atoms with van der Waals surface area (Å²) in [7, 11) is 0. The number of ether oxygens (including phenoxy) is 1. The molecule has 1 aromatic carbocycles. The molecule has 1 aliphatic heterocycles. The highest BCUT2D eigenvalue weighted by Crippen LogP contribution is 2.33. The van der Waals surface area contributed by atoms with Crippen molar-refractivity contribution in [3.63, 3.8) is 0 Å². The standard InChI is InChI=1S/C15H22N2O2/c1-3-5-9-16-15(18)13-10-11-12(17-13)7-6-8-14(11)19-4-2/h6-8,13,17H,3-5,9-10H2,1-2H3,(H,16,18)/t13-/m1/s1.